The van der Waals surface area contributed by atoms with Crippen LogP contribution in [-0.4, -0.2) is 44.9 Å². The Bertz CT molecular complexity index is 930. The van der Waals surface area contributed by atoms with Gasteiger partial charge in [0.2, 0.25) is 10.0 Å². The van der Waals surface area contributed by atoms with Crippen LogP contribution in [0.4, 0.5) is 10.1 Å². The van der Waals surface area contributed by atoms with Crippen LogP contribution in [0.3, 0.4) is 0 Å². The molecule has 9 heteroatoms. The lowest BCUT2D eigenvalue weighted by atomic mass is 10.2. The molecule has 0 atom stereocenters. The molecule has 0 saturated carbocycles. The second-order valence-electron chi connectivity index (χ2n) is 5.62. The number of nitrogens with zero attached hydrogens (tertiary/aromatic N) is 1. The van der Waals surface area contributed by atoms with E-state index in [0.717, 1.165) is 6.07 Å². The molecule has 1 aliphatic heterocycles. The van der Waals surface area contributed by atoms with Crippen molar-refractivity contribution in [3.63, 3.8) is 0 Å². The molecule has 1 fully saturated rings. The highest BCUT2D eigenvalue weighted by atomic mass is 35.5. The number of sulfonamides is 1. The Kier molecular flexibility index (Phi) is 5.57. The maximum atomic E-state index is 13.8. The number of hydrogen-bond acceptors (Lipinski definition) is 4. The van der Waals surface area contributed by atoms with Gasteiger partial charge in [0.05, 0.1) is 23.7 Å². The molecule has 138 valence electrons. The minimum atomic E-state index is -3.69. The Hall–Kier alpha value is -2.00. The van der Waals surface area contributed by atoms with Gasteiger partial charge in [0.1, 0.15) is 5.82 Å². The molecular formula is C17H16ClFN2O4S. The summed E-state index contributed by atoms with van der Waals surface area (Å²) in [5.41, 5.74) is 0.0163. The van der Waals surface area contributed by atoms with Gasteiger partial charge in [-0.25, -0.2) is 12.8 Å². The number of anilines is 1. The zero-order valence-electron chi connectivity index (χ0n) is 13.6. The van der Waals surface area contributed by atoms with Gasteiger partial charge in [-0.2, -0.15) is 4.31 Å². The fourth-order valence-corrected chi connectivity index (χ4v) is 4.17. The van der Waals surface area contributed by atoms with Crippen molar-refractivity contribution in [2.75, 3.05) is 31.6 Å². The molecule has 2 aromatic carbocycles. The average Bonchev–Trinajstić information content (AvgIpc) is 2.64. The zero-order valence-corrected chi connectivity index (χ0v) is 15.2. The first-order valence-corrected chi connectivity index (χ1v) is 9.64. The third-order valence-corrected chi connectivity index (χ3v) is 6.00. The average molecular weight is 399 g/mol. The fourth-order valence-electron chi connectivity index (χ4n) is 2.54. The van der Waals surface area contributed by atoms with Crippen molar-refractivity contribution in [1.82, 2.24) is 4.31 Å². The Morgan fingerprint density at radius 2 is 1.88 bits per heavy atom. The molecule has 1 N–H and O–H groups in total. The number of carbonyl (C=O) groups excluding carboxylic acids is 1. The Morgan fingerprint density at radius 1 is 1.15 bits per heavy atom. The van der Waals surface area contributed by atoms with Crippen LogP contribution in [0, 0.1) is 5.82 Å². The third kappa shape index (κ3) is 4.04. The number of morpholine rings is 1. The van der Waals surface area contributed by atoms with Crippen LogP contribution >= 0.6 is 11.6 Å². The molecule has 2 aromatic rings. The van der Waals surface area contributed by atoms with Gasteiger partial charge in [-0.1, -0.05) is 17.7 Å². The van der Waals surface area contributed by atoms with Crippen molar-refractivity contribution in [3.8, 4) is 0 Å². The lowest BCUT2D eigenvalue weighted by Crippen LogP contribution is -2.40. The van der Waals surface area contributed by atoms with Gasteiger partial charge < -0.3 is 10.1 Å². The van der Waals surface area contributed by atoms with Crippen molar-refractivity contribution in [1.29, 1.82) is 0 Å². The highest BCUT2D eigenvalue weighted by molar-refractivity contribution is 7.89. The van der Waals surface area contributed by atoms with Crippen LogP contribution in [-0.2, 0) is 14.8 Å². The van der Waals surface area contributed by atoms with E-state index in [4.69, 9.17) is 16.3 Å². The molecular weight excluding hydrogens is 383 g/mol. The fraction of sp³-hybridized carbons (Fsp3) is 0.235. The zero-order chi connectivity index (χ0) is 18.7. The maximum absolute atomic E-state index is 13.8. The van der Waals surface area contributed by atoms with E-state index in [-0.39, 0.29) is 34.3 Å². The van der Waals surface area contributed by atoms with Crippen LogP contribution in [0.15, 0.2) is 47.4 Å². The molecule has 0 unspecified atom stereocenters. The smallest absolute Gasteiger partial charge is 0.258 e. The molecule has 0 spiro atoms. The summed E-state index contributed by atoms with van der Waals surface area (Å²) in [4.78, 5) is 12.3. The van der Waals surface area contributed by atoms with E-state index in [1.165, 1.54) is 40.7 Å². The monoisotopic (exact) mass is 398 g/mol. The van der Waals surface area contributed by atoms with Gasteiger partial charge in [-0.05, 0) is 36.4 Å². The molecule has 0 radical (unpaired) electrons. The van der Waals surface area contributed by atoms with Crippen LogP contribution in [0.1, 0.15) is 10.4 Å². The summed E-state index contributed by atoms with van der Waals surface area (Å²) in [7, 11) is -3.69. The predicted molar refractivity (Wildman–Crippen MR) is 95.4 cm³/mol. The summed E-state index contributed by atoms with van der Waals surface area (Å²) in [6.07, 6.45) is 0. The quantitative estimate of drug-likeness (QED) is 0.859. The second kappa shape index (κ2) is 7.71. The van der Waals surface area contributed by atoms with E-state index < -0.39 is 21.7 Å². The maximum Gasteiger partial charge on any atom is 0.258 e. The number of rotatable bonds is 4. The second-order valence-corrected chi connectivity index (χ2v) is 8.00. The number of hydrogen-bond donors (Lipinski definition) is 1. The molecule has 26 heavy (non-hydrogen) atoms. The molecule has 1 heterocycles. The summed E-state index contributed by atoms with van der Waals surface area (Å²) in [6, 6.07) is 9.46. The first-order chi connectivity index (χ1) is 12.4. The first kappa shape index (κ1) is 18.8. The summed E-state index contributed by atoms with van der Waals surface area (Å²) >= 11 is 5.79. The van der Waals surface area contributed by atoms with Crippen molar-refractivity contribution in [2.45, 2.75) is 4.90 Å². The van der Waals surface area contributed by atoms with E-state index in [2.05, 4.69) is 5.32 Å². The van der Waals surface area contributed by atoms with E-state index >= 15 is 0 Å². The van der Waals surface area contributed by atoms with Crippen molar-refractivity contribution in [2.24, 2.45) is 0 Å². The number of benzene rings is 2. The molecule has 6 nitrogen and oxygen atoms in total. The van der Waals surface area contributed by atoms with Gasteiger partial charge in [-0.15, -0.1) is 0 Å². The Labute approximate surface area is 155 Å². The van der Waals surface area contributed by atoms with Crippen molar-refractivity contribution in [3.05, 3.63) is 58.9 Å². The van der Waals surface area contributed by atoms with E-state index in [0.29, 0.717) is 13.2 Å². The van der Waals surface area contributed by atoms with Gasteiger partial charge in [0, 0.05) is 23.8 Å². The minimum Gasteiger partial charge on any atom is -0.379 e. The number of halogens is 2. The predicted octanol–water partition coefficient (Wildman–Crippen LogP) is 2.75. The number of nitrogens with one attached hydrogen (secondary N) is 1. The SMILES string of the molecule is O=C(Nc1cccc(S(=O)(=O)N2CCOCC2)c1)c1cc(Cl)ccc1F. The number of amides is 1. The first-order valence-electron chi connectivity index (χ1n) is 7.82. The number of carbonyl (C=O) groups is 1. The highest BCUT2D eigenvalue weighted by Gasteiger charge is 2.26. The molecule has 3 rings (SSSR count). The molecule has 0 bridgehead atoms. The molecule has 0 aliphatic carbocycles. The molecule has 1 saturated heterocycles. The van der Waals surface area contributed by atoms with Gasteiger partial charge >= 0.3 is 0 Å². The highest BCUT2D eigenvalue weighted by Crippen LogP contribution is 2.22. The van der Waals surface area contributed by atoms with Gasteiger partial charge in [0.15, 0.2) is 0 Å². The van der Waals surface area contributed by atoms with Crippen LogP contribution in [0.5, 0.6) is 0 Å². The lowest BCUT2D eigenvalue weighted by Gasteiger charge is -2.26. The van der Waals surface area contributed by atoms with Crippen molar-refractivity contribution < 1.29 is 22.3 Å². The molecule has 1 aliphatic rings. The van der Waals surface area contributed by atoms with E-state index in [1.807, 2.05) is 0 Å². The van der Waals surface area contributed by atoms with Crippen LogP contribution in [0.2, 0.25) is 5.02 Å². The van der Waals surface area contributed by atoms with Crippen LogP contribution in [0.25, 0.3) is 0 Å². The standard InChI is InChI=1S/C17H16ClFN2O4S/c18-12-4-5-16(19)15(10-12)17(22)20-13-2-1-3-14(11-13)26(23,24)21-6-8-25-9-7-21/h1-5,10-11H,6-9H2,(H,20,22). The minimum absolute atomic E-state index is 0.0452. The Balaban J connectivity index is 1.83. The summed E-state index contributed by atoms with van der Waals surface area (Å²) < 4.78 is 45.6. The van der Waals surface area contributed by atoms with Gasteiger partial charge in [0.25, 0.3) is 5.91 Å². The summed E-state index contributed by atoms with van der Waals surface area (Å²) in [6.45, 7) is 1.21. The molecule has 0 aromatic heterocycles. The number of ether oxygens (including phenoxy) is 1. The summed E-state index contributed by atoms with van der Waals surface area (Å²) in [5.74, 6) is -1.44. The van der Waals surface area contributed by atoms with Crippen molar-refractivity contribution >= 4 is 33.2 Å². The topological polar surface area (TPSA) is 75.7 Å². The molecule has 1 amide bonds. The third-order valence-electron chi connectivity index (χ3n) is 3.87. The largest absolute Gasteiger partial charge is 0.379 e. The van der Waals surface area contributed by atoms with Gasteiger partial charge in [-0.3, -0.25) is 4.79 Å². The van der Waals surface area contributed by atoms with E-state index in [1.54, 1.807) is 0 Å². The Morgan fingerprint density at radius 3 is 2.62 bits per heavy atom. The van der Waals surface area contributed by atoms with Crippen LogP contribution < -0.4 is 5.32 Å². The lowest BCUT2D eigenvalue weighted by molar-refractivity contribution is 0.0730. The van der Waals surface area contributed by atoms with E-state index in [9.17, 15) is 17.6 Å². The summed E-state index contributed by atoms with van der Waals surface area (Å²) in [5, 5.41) is 2.72. The normalized spacial score (nSPS) is 15.6.